The Morgan fingerprint density at radius 2 is 2.00 bits per heavy atom. The lowest BCUT2D eigenvalue weighted by Gasteiger charge is -2.33. The van der Waals surface area contributed by atoms with Crippen LogP contribution in [0.4, 0.5) is 11.8 Å². The third kappa shape index (κ3) is 2.81. The van der Waals surface area contributed by atoms with Gasteiger partial charge in [0.2, 0.25) is 5.95 Å². The highest BCUT2D eigenvalue weighted by Gasteiger charge is 2.23. The number of aryl methyl sites for hydroxylation is 1. The maximum Gasteiger partial charge on any atom is 0.223 e. The van der Waals surface area contributed by atoms with E-state index in [1.165, 1.54) is 0 Å². The Bertz CT molecular complexity index is 813. The number of rotatable bonds is 3. The highest BCUT2D eigenvalue weighted by molar-refractivity contribution is 5.64. The van der Waals surface area contributed by atoms with Gasteiger partial charge < -0.3 is 14.6 Å². The number of imidazole rings is 1. The van der Waals surface area contributed by atoms with Crippen LogP contribution in [0.25, 0.3) is 5.65 Å². The topological polar surface area (TPSA) is 71.2 Å². The lowest BCUT2D eigenvalue weighted by atomic mass is 10.1. The number of nitrogens with zero attached hydrogens (tertiary/aromatic N) is 6. The molecule has 4 rings (SSSR count). The van der Waals surface area contributed by atoms with Crippen molar-refractivity contribution in [1.82, 2.24) is 24.3 Å². The van der Waals surface area contributed by atoms with E-state index >= 15 is 0 Å². The number of nitrogens with one attached hydrogen (secondary N) is 1. The van der Waals surface area contributed by atoms with Crippen LogP contribution in [0, 0.1) is 6.92 Å². The van der Waals surface area contributed by atoms with Crippen molar-refractivity contribution in [2.75, 3.05) is 23.3 Å². The van der Waals surface area contributed by atoms with Gasteiger partial charge in [0.15, 0.2) is 11.5 Å². The van der Waals surface area contributed by atoms with Gasteiger partial charge in [0.05, 0.1) is 0 Å². The minimum absolute atomic E-state index is 0.308. The number of hydrogen-bond donors (Lipinski definition) is 1. The summed E-state index contributed by atoms with van der Waals surface area (Å²) in [5.41, 5.74) is 1.87. The van der Waals surface area contributed by atoms with Crippen molar-refractivity contribution in [2.45, 2.75) is 25.8 Å². The van der Waals surface area contributed by atoms with E-state index in [4.69, 9.17) is 0 Å². The molecule has 0 aromatic carbocycles. The number of anilines is 2. The summed E-state index contributed by atoms with van der Waals surface area (Å²) < 4.78 is 2.00. The Morgan fingerprint density at radius 3 is 2.87 bits per heavy atom. The van der Waals surface area contributed by atoms with Crippen LogP contribution in [0.3, 0.4) is 0 Å². The van der Waals surface area contributed by atoms with Crippen LogP contribution in [0.1, 0.15) is 18.5 Å². The summed E-state index contributed by atoms with van der Waals surface area (Å²) in [5, 5.41) is 3.44. The minimum atomic E-state index is 0.308. The highest BCUT2D eigenvalue weighted by atomic mass is 15.3. The van der Waals surface area contributed by atoms with E-state index in [9.17, 15) is 0 Å². The van der Waals surface area contributed by atoms with Crippen molar-refractivity contribution in [3.05, 3.63) is 42.7 Å². The van der Waals surface area contributed by atoms with E-state index in [1.807, 2.05) is 36.0 Å². The van der Waals surface area contributed by atoms with Gasteiger partial charge in [0, 0.05) is 55.8 Å². The Kier molecular flexibility index (Phi) is 3.53. The van der Waals surface area contributed by atoms with Crippen LogP contribution >= 0.6 is 0 Å². The summed E-state index contributed by atoms with van der Waals surface area (Å²) in [6.07, 6.45) is 11.5. The quantitative estimate of drug-likeness (QED) is 0.797. The van der Waals surface area contributed by atoms with Crippen molar-refractivity contribution in [1.29, 1.82) is 0 Å². The molecule has 7 nitrogen and oxygen atoms in total. The molecule has 23 heavy (non-hydrogen) atoms. The van der Waals surface area contributed by atoms with Gasteiger partial charge in [0.1, 0.15) is 0 Å². The second kappa shape index (κ2) is 5.83. The maximum atomic E-state index is 4.54. The van der Waals surface area contributed by atoms with E-state index in [0.717, 1.165) is 43.1 Å². The molecule has 0 saturated carbocycles. The standard InChI is InChI=1S/C16H19N7/c1-12-4-5-19-16(20-12)21-13-3-2-8-23(11-13)15-14-17-6-9-22(14)10-7-18-15/h4-7,9-10,13H,2-3,8,11H2,1H3,(H,19,20,21). The van der Waals surface area contributed by atoms with E-state index in [1.54, 1.807) is 12.4 Å². The van der Waals surface area contributed by atoms with Gasteiger partial charge in [-0.15, -0.1) is 0 Å². The van der Waals surface area contributed by atoms with Crippen LogP contribution < -0.4 is 10.2 Å². The molecule has 0 radical (unpaired) electrons. The lowest BCUT2D eigenvalue weighted by Crippen LogP contribution is -2.43. The van der Waals surface area contributed by atoms with Crippen molar-refractivity contribution in [3.8, 4) is 0 Å². The molecule has 118 valence electrons. The summed E-state index contributed by atoms with van der Waals surface area (Å²) in [5.74, 6) is 1.64. The zero-order chi connectivity index (χ0) is 15.6. The Balaban J connectivity index is 1.54. The van der Waals surface area contributed by atoms with Gasteiger partial charge in [-0.2, -0.15) is 0 Å². The SMILES string of the molecule is Cc1ccnc(NC2CCCN(c3nccn4ccnc34)C2)n1. The molecule has 4 heterocycles. The molecular weight excluding hydrogens is 290 g/mol. The molecule has 0 amide bonds. The second-order valence-electron chi connectivity index (χ2n) is 5.86. The summed E-state index contributed by atoms with van der Waals surface area (Å²) in [4.78, 5) is 20.0. The first kappa shape index (κ1) is 13.9. The third-order valence-electron chi connectivity index (χ3n) is 4.14. The largest absolute Gasteiger partial charge is 0.351 e. The number of aromatic nitrogens is 5. The Labute approximate surface area is 134 Å². The molecule has 0 spiro atoms. The van der Waals surface area contributed by atoms with Crippen LogP contribution in [-0.2, 0) is 0 Å². The number of piperidine rings is 1. The molecule has 3 aromatic rings. The average Bonchev–Trinajstić information content (AvgIpc) is 3.03. The summed E-state index contributed by atoms with van der Waals surface area (Å²) in [7, 11) is 0. The first-order valence-corrected chi connectivity index (χ1v) is 7.88. The summed E-state index contributed by atoms with van der Waals surface area (Å²) >= 11 is 0. The average molecular weight is 309 g/mol. The molecule has 1 atom stereocenters. The number of hydrogen-bond acceptors (Lipinski definition) is 6. The van der Waals surface area contributed by atoms with Gasteiger partial charge in [-0.25, -0.2) is 19.9 Å². The molecule has 1 aliphatic rings. The van der Waals surface area contributed by atoms with Crippen molar-refractivity contribution in [3.63, 3.8) is 0 Å². The van der Waals surface area contributed by atoms with Crippen LogP contribution in [-0.4, -0.2) is 43.5 Å². The predicted octanol–water partition coefficient (Wildman–Crippen LogP) is 1.91. The van der Waals surface area contributed by atoms with Crippen molar-refractivity contribution < 1.29 is 0 Å². The Hall–Kier alpha value is -2.70. The molecule has 1 aliphatic heterocycles. The van der Waals surface area contributed by atoms with Gasteiger partial charge in [-0.3, -0.25) is 0 Å². The van der Waals surface area contributed by atoms with Crippen LogP contribution in [0.5, 0.6) is 0 Å². The second-order valence-corrected chi connectivity index (χ2v) is 5.86. The lowest BCUT2D eigenvalue weighted by molar-refractivity contribution is 0.524. The normalized spacial score (nSPS) is 18.3. The monoisotopic (exact) mass is 309 g/mol. The summed E-state index contributed by atoms with van der Waals surface area (Å²) in [6.45, 7) is 3.84. The minimum Gasteiger partial charge on any atom is -0.351 e. The number of fused-ring (bicyclic) bond motifs is 1. The molecule has 1 unspecified atom stereocenters. The van der Waals surface area contributed by atoms with Gasteiger partial charge in [-0.1, -0.05) is 0 Å². The molecule has 7 heteroatoms. The van der Waals surface area contributed by atoms with Gasteiger partial charge in [-0.05, 0) is 25.8 Å². The molecule has 0 aliphatic carbocycles. The van der Waals surface area contributed by atoms with Crippen LogP contribution in [0.15, 0.2) is 37.1 Å². The first-order chi connectivity index (χ1) is 11.3. The van der Waals surface area contributed by atoms with E-state index < -0.39 is 0 Å². The van der Waals surface area contributed by atoms with E-state index in [2.05, 4.69) is 30.2 Å². The molecular formula is C16H19N7. The van der Waals surface area contributed by atoms with E-state index in [0.29, 0.717) is 12.0 Å². The fourth-order valence-electron chi connectivity index (χ4n) is 3.05. The van der Waals surface area contributed by atoms with E-state index in [-0.39, 0.29) is 0 Å². The fraction of sp³-hybridized carbons (Fsp3) is 0.375. The van der Waals surface area contributed by atoms with Crippen molar-refractivity contribution in [2.24, 2.45) is 0 Å². The third-order valence-corrected chi connectivity index (χ3v) is 4.14. The van der Waals surface area contributed by atoms with Gasteiger partial charge >= 0.3 is 0 Å². The fourth-order valence-corrected chi connectivity index (χ4v) is 3.05. The zero-order valence-corrected chi connectivity index (χ0v) is 13.1. The summed E-state index contributed by atoms with van der Waals surface area (Å²) in [6, 6.07) is 2.21. The zero-order valence-electron chi connectivity index (χ0n) is 13.1. The molecule has 3 aromatic heterocycles. The highest BCUT2D eigenvalue weighted by Crippen LogP contribution is 2.22. The molecule has 1 saturated heterocycles. The Morgan fingerprint density at radius 1 is 1.13 bits per heavy atom. The molecule has 0 bridgehead atoms. The maximum absolute atomic E-state index is 4.54. The predicted molar refractivity (Wildman–Crippen MR) is 88.6 cm³/mol. The molecule has 1 fully saturated rings. The smallest absolute Gasteiger partial charge is 0.223 e. The molecule has 1 N–H and O–H groups in total. The van der Waals surface area contributed by atoms with Crippen molar-refractivity contribution >= 4 is 17.4 Å². The van der Waals surface area contributed by atoms with Crippen LogP contribution in [0.2, 0.25) is 0 Å². The first-order valence-electron chi connectivity index (χ1n) is 7.88. The van der Waals surface area contributed by atoms with Gasteiger partial charge in [0.25, 0.3) is 0 Å².